The second-order valence-corrected chi connectivity index (χ2v) is 13.2. The van der Waals surface area contributed by atoms with Gasteiger partial charge in [-0.05, 0) is 98.5 Å². The predicted molar refractivity (Wildman–Crippen MR) is 189 cm³/mol. The number of halogens is 1. The lowest BCUT2D eigenvalue weighted by Gasteiger charge is -2.28. The summed E-state index contributed by atoms with van der Waals surface area (Å²) >= 11 is 0. The molecule has 0 radical (unpaired) electrons. The fourth-order valence-corrected chi connectivity index (χ4v) is 6.63. The molecular formula is C39H50FN5O4. The molecule has 262 valence electrons. The van der Waals surface area contributed by atoms with Crippen molar-refractivity contribution < 1.29 is 23.8 Å². The van der Waals surface area contributed by atoms with Crippen molar-refractivity contribution in [3.05, 3.63) is 89.1 Å². The van der Waals surface area contributed by atoms with Gasteiger partial charge in [0.1, 0.15) is 17.3 Å². The summed E-state index contributed by atoms with van der Waals surface area (Å²) in [6.45, 7) is 10.4. The van der Waals surface area contributed by atoms with Crippen LogP contribution in [0.3, 0.4) is 0 Å². The second kappa shape index (κ2) is 17.5. The van der Waals surface area contributed by atoms with E-state index in [1.165, 1.54) is 56.8 Å². The van der Waals surface area contributed by atoms with Gasteiger partial charge in [-0.1, -0.05) is 38.0 Å². The normalized spacial score (nSPS) is 18.1. The van der Waals surface area contributed by atoms with E-state index in [0.29, 0.717) is 31.5 Å². The van der Waals surface area contributed by atoms with Gasteiger partial charge in [0.05, 0.1) is 30.7 Å². The van der Waals surface area contributed by atoms with E-state index in [4.69, 9.17) is 9.47 Å². The molecule has 0 unspecified atom stereocenters. The van der Waals surface area contributed by atoms with Crippen LogP contribution in [0.25, 0.3) is 11.1 Å². The Balaban J connectivity index is 0.000000221. The Bertz CT molecular complexity index is 1660. The Kier molecular flexibility index (Phi) is 12.9. The standard InChI is InChI=1S/C24H23FN2O4.C15H27N3/c1-16(28)23-13-19(25)14-26-24(23)31-21-4-2-3-17(12-21)22-6-5-20(29)11-18(22)15-27-7-9-30-10-8-27;1-4-5-13-6-8-14(9-7-13)16-11-15-10-12(2)18(3)17-15/h2-6,11-14,29H,7-10,15H2,1H3;10,13-14,16H,4-9,11H2,1-3H3. The Morgan fingerprint density at radius 1 is 1.08 bits per heavy atom. The molecule has 2 N–H and O–H groups in total. The molecule has 3 heterocycles. The van der Waals surface area contributed by atoms with Crippen LogP contribution in [0.2, 0.25) is 0 Å². The lowest BCUT2D eigenvalue weighted by molar-refractivity contribution is 0.0342. The molecule has 4 aromatic rings. The molecule has 10 heteroatoms. The van der Waals surface area contributed by atoms with Crippen LogP contribution in [0.15, 0.2) is 60.8 Å². The highest BCUT2D eigenvalue weighted by atomic mass is 19.1. The number of hydrogen-bond donors (Lipinski definition) is 2. The Labute approximate surface area is 289 Å². The summed E-state index contributed by atoms with van der Waals surface area (Å²) in [5, 5.41) is 18.2. The SMILES string of the molecule is CC(=O)c1cc(F)cnc1Oc1cccc(-c2ccc(O)cc2CN2CCOCC2)c1.CCCC1CCC(NCc2cc(C)n(C)n2)CC1. The number of aromatic nitrogens is 3. The third kappa shape index (κ3) is 10.4. The van der Waals surface area contributed by atoms with Crippen LogP contribution < -0.4 is 10.1 Å². The van der Waals surface area contributed by atoms with Crippen LogP contribution in [0.5, 0.6) is 17.4 Å². The molecule has 2 fully saturated rings. The summed E-state index contributed by atoms with van der Waals surface area (Å²) in [7, 11) is 2.01. The van der Waals surface area contributed by atoms with Gasteiger partial charge in [0, 0.05) is 45.0 Å². The largest absolute Gasteiger partial charge is 0.508 e. The van der Waals surface area contributed by atoms with Crippen molar-refractivity contribution in [1.29, 1.82) is 0 Å². The van der Waals surface area contributed by atoms with Crippen molar-refractivity contribution in [3.63, 3.8) is 0 Å². The van der Waals surface area contributed by atoms with Gasteiger partial charge in [0.25, 0.3) is 0 Å². The minimum absolute atomic E-state index is 0.0605. The van der Waals surface area contributed by atoms with E-state index in [0.717, 1.165) is 54.5 Å². The molecular weight excluding hydrogens is 621 g/mol. The number of morpholine rings is 1. The zero-order valence-corrected chi connectivity index (χ0v) is 29.3. The topological polar surface area (TPSA) is 102 Å². The molecule has 0 amide bonds. The third-order valence-electron chi connectivity index (χ3n) is 9.42. The van der Waals surface area contributed by atoms with Crippen LogP contribution in [0.4, 0.5) is 4.39 Å². The first-order valence-corrected chi connectivity index (χ1v) is 17.5. The number of aryl methyl sites for hydroxylation is 2. The maximum atomic E-state index is 13.5. The second-order valence-electron chi connectivity index (χ2n) is 13.2. The average Bonchev–Trinajstić information content (AvgIpc) is 3.42. The van der Waals surface area contributed by atoms with Crippen LogP contribution in [-0.2, 0) is 24.9 Å². The zero-order valence-electron chi connectivity index (χ0n) is 29.3. The van der Waals surface area contributed by atoms with Crippen LogP contribution >= 0.6 is 0 Å². The van der Waals surface area contributed by atoms with Crippen LogP contribution in [0, 0.1) is 18.7 Å². The summed E-state index contributed by atoms with van der Waals surface area (Å²) in [4.78, 5) is 18.1. The number of carbonyl (C=O) groups is 1. The number of hydrogen-bond acceptors (Lipinski definition) is 8. The monoisotopic (exact) mass is 671 g/mol. The number of nitrogens with zero attached hydrogens (tertiary/aromatic N) is 4. The van der Waals surface area contributed by atoms with E-state index < -0.39 is 5.82 Å². The molecule has 1 aliphatic carbocycles. The van der Waals surface area contributed by atoms with Gasteiger partial charge < -0.3 is 19.9 Å². The van der Waals surface area contributed by atoms with Gasteiger partial charge in [-0.2, -0.15) is 5.10 Å². The fourth-order valence-electron chi connectivity index (χ4n) is 6.63. The maximum absolute atomic E-state index is 13.5. The van der Waals surface area contributed by atoms with Crippen molar-refractivity contribution in [2.24, 2.45) is 13.0 Å². The number of Topliss-reactive ketones (excluding diaryl/α,β-unsaturated/α-hetero) is 1. The van der Waals surface area contributed by atoms with Crippen molar-refractivity contribution in [2.75, 3.05) is 26.3 Å². The molecule has 0 bridgehead atoms. The highest BCUT2D eigenvalue weighted by Gasteiger charge is 2.20. The van der Waals surface area contributed by atoms with Crippen molar-refractivity contribution in [2.45, 2.75) is 78.4 Å². The minimum Gasteiger partial charge on any atom is -0.508 e. The van der Waals surface area contributed by atoms with E-state index in [-0.39, 0.29) is 23.0 Å². The first kappa shape index (κ1) is 36.2. The summed E-state index contributed by atoms with van der Waals surface area (Å²) in [6, 6.07) is 16.7. The first-order chi connectivity index (χ1) is 23.7. The molecule has 1 aliphatic heterocycles. The quantitative estimate of drug-likeness (QED) is 0.157. The lowest BCUT2D eigenvalue weighted by atomic mass is 9.83. The van der Waals surface area contributed by atoms with Crippen LogP contribution in [-0.4, -0.2) is 62.9 Å². The lowest BCUT2D eigenvalue weighted by Crippen LogP contribution is -2.35. The maximum Gasteiger partial charge on any atom is 0.230 e. The van der Waals surface area contributed by atoms with Gasteiger partial charge in [0.15, 0.2) is 5.78 Å². The molecule has 49 heavy (non-hydrogen) atoms. The molecule has 2 aromatic carbocycles. The molecule has 1 saturated heterocycles. The van der Waals surface area contributed by atoms with E-state index >= 15 is 0 Å². The van der Waals surface area contributed by atoms with Gasteiger partial charge in [0.2, 0.25) is 5.88 Å². The number of ketones is 1. The number of phenols is 1. The van der Waals surface area contributed by atoms with Gasteiger partial charge in [-0.25, -0.2) is 9.37 Å². The number of carbonyl (C=O) groups excluding carboxylic acids is 1. The fraction of sp³-hybridized carbons (Fsp3) is 0.462. The van der Waals surface area contributed by atoms with Crippen molar-refractivity contribution in [1.82, 2.24) is 25.0 Å². The van der Waals surface area contributed by atoms with E-state index in [2.05, 4.69) is 40.2 Å². The van der Waals surface area contributed by atoms with Crippen LogP contribution in [0.1, 0.15) is 79.7 Å². The zero-order chi connectivity index (χ0) is 34.8. The van der Waals surface area contributed by atoms with Gasteiger partial charge >= 0.3 is 0 Å². The molecule has 2 aliphatic rings. The Morgan fingerprint density at radius 2 is 1.86 bits per heavy atom. The van der Waals surface area contributed by atoms with E-state index in [9.17, 15) is 14.3 Å². The number of phenolic OH excluding ortho intramolecular Hbond substituents is 1. The molecule has 2 aromatic heterocycles. The Morgan fingerprint density at radius 3 is 2.55 bits per heavy atom. The van der Waals surface area contributed by atoms with Crippen molar-refractivity contribution in [3.8, 4) is 28.5 Å². The smallest absolute Gasteiger partial charge is 0.230 e. The molecule has 6 rings (SSSR count). The highest BCUT2D eigenvalue weighted by Crippen LogP contribution is 2.33. The van der Waals surface area contributed by atoms with Gasteiger partial charge in [-0.15, -0.1) is 0 Å². The summed E-state index contributed by atoms with van der Waals surface area (Å²) in [6.07, 6.45) is 9.29. The summed E-state index contributed by atoms with van der Waals surface area (Å²) in [5.74, 6) is 0.814. The minimum atomic E-state index is -0.594. The predicted octanol–water partition coefficient (Wildman–Crippen LogP) is 7.60. The number of pyridine rings is 1. The number of nitrogens with one attached hydrogen (secondary N) is 1. The molecule has 0 spiro atoms. The Hall–Kier alpha value is -4.12. The highest BCUT2D eigenvalue weighted by molar-refractivity contribution is 5.96. The average molecular weight is 672 g/mol. The number of ether oxygens (including phenoxy) is 2. The van der Waals surface area contributed by atoms with Crippen molar-refractivity contribution >= 4 is 5.78 Å². The summed E-state index contributed by atoms with van der Waals surface area (Å²) < 4.78 is 26.7. The van der Waals surface area contributed by atoms with Gasteiger partial charge in [-0.3, -0.25) is 14.4 Å². The molecule has 0 atom stereocenters. The molecule has 9 nitrogen and oxygen atoms in total. The van der Waals surface area contributed by atoms with E-state index in [1.54, 1.807) is 18.2 Å². The number of benzene rings is 2. The first-order valence-electron chi connectivity index (χ1n) is 17.5. The number of rotatable bonds is 11. The number of aromatic hydroxyl groups is 1. The molecule has 1 saturated carbocycles. The van der Waals surface area contributed by atoms with E-state index in [1.807, 2.05) is 36.0 Å². The third-order valence-corrected chi connectivity index (χ3v) is 9.42. The summed E-state index contributed by atoms with van der Waals surface area (Å²) in [5.41, 5.74) is 5.34.